The first-order chi connectivity index (χ1) is 21.5. The third-order valence-corrected chi connectivity index (χ3v) is 8.94. The molecule has 10 nitrogen and oxygen atoms in total. The molecule has 3 aromatic carbocycles. The van der Waals surface area contributed by atoms with E-state index in [4.69, 9.17) is 21.3 Å². The van der Waals surface area contributed by atoms with E-state index in [1.54, 1.807) is 13.2 Å². The quantitative estimate of drug-likeness (QED) is 0.160. The minimum atomic E-state index is -2.28. The second-order valence-corrected chi connectivity index (χ2v) is 16.1. The number of aromatic nitrogens is 3. The summed E-state index contributed by atoms with van der Waals surface area (Å²) in [5.74, 6) is 1.55. The van der Waals surface area contributed by atoms with E-state index in [0.29, 0.717) is 59.3 Å². The van der Waals surface area contributed by atoms with Crippen molar-refractivity contribution in [3.05, 3.63) is 106 Å². The summed E-state index contributed by atoms with van der Waals surface area (Å²) in [7, 11) is -0.667. The number of ether oxygens (including phenoxy) is 1. The summed E-state index contributed by atoms with van der Waals surface area (Å²) in [6.07, 6.45) is 0.613. The first-order valence-corrected chi connectivity index (χ1v) is 18.4. The number of benzene rings is 3. The van der Waals surface area contributed by atoms with Crippen LogP contribution in [0.25, 0.3) is 5.69 Å². The average Bonchev–Trinajstić information content (AvgIpc) is 3.33. The van der Waals surface area contributed by atoms with E-state index in [1.165, 1.54) is 0 Å². The van der Waals surface area contributed by atoms with E-state index in [-0.39, 0.29) is 18.2 Å². The lowest BCUT2D eigenvalue weighted by Gasteiger charge is -2.14. The molecule has 5 rings (SSSR count). The third-order valence-electron chi connectivity index (χ3n) is 7.42. The molecule has 1 aliphatic rings. The highest BCUT2D eigenvalue weighted by molar-refractivity contribution is 6.69. The Labute approximate surface area is 268 Å². The number of halogens is 1. The van der Waals surface area contributed by atoms with E-state index in [0.717, 1.165) is 22.4 Å². The lowest BCUT2D eigenvalue weighted by Crippen LogP contribution is -2.31. The van der Waals surface area contributed by atoms with Gasteiger partial charge in [0.2, 0.25) is 5.91 Å². The van der Waals surface area contributed by atoms with Gasteiger partial charge in [-0.3, -0.25) is 19.1 Å². The van der Waals surface area contributed by atoms with Gasteiger partial charge in [-0.05, 0) is 80.5 Å². The zero-order chi connectivity index (χ0) is 32.1. The maximum absolute atomic E-state index is 13.2. The molecule has 0 spiro atoms. The molecule has 0 fully saturated rings. The van der Waals surface area contributed by atoms with Gasteiger partial charge in [-0.25, -0.2) is 0 Å². The predicted octanol–water partition coefficient (Wildman–Crippen LogP) is 4.74. The van der Waals surface area contributed by atoms with Gasteiger partial charge in [0.15, 0.2) is 14.1 Å². The zero-order valence-corrected chi connectivity index (χ0v) is 27.6. The van der Waals surface area contributed by atoms with Crippen LogP contribution < -0.4 is 15.4 Å². The van der Waals surface area contributed by atoms with Crippen molar-refractivity contribution < 1.29 is 19.1 Å². The molecular formula is C33H37ClN6O4Si. The van der Waals surface area contributed by atoms with E-state index in [1.807, 2.05) is 85.2 Å². The number of aryl methyl sites for hydroxylation is 1. The fourth-order valence-corrected chi connectivity index (χ4v) is 6.71. The van der Waals surface area contributed by atoms with Crippen LogP contribution in [0.4, 0.5) is 0 Å². The van der Waals surface area contributed by atoms with Gasteiger partial charge in [0, 0.05) is 34.8 Å². The monoisotopic (exact) mass is 644 g/mol. The molecule has 2 amide bonds. The van der Waals surface area contributed by atoms with Crippen molar-refractivity contribution in [2.45, 2.75) is 44.9 Å². The molecular weight excluding hydrogens is 608 g/mol. The maximum Gasteiger partial charge on any atom is 0.251 e. The topological polar surface area (TPSA) is 131 Å². The van der Waals surface area contributed by atoms with Crippen molar-refractivity contribution in [3.8, 4) is 11.4 Å². The number of hydrogen-bond donors (Lipinski definition) is 3. The molecule has 4 aromatic rings. The Balaban J connectivity index is 1.26. The number of aliphatic imine (C=N–C) groups is 1. The molecule has 12 heteroatoms. The van der Waals surface area contributed by atoms with Crippen molar-refractivity contribution in [3.63, 3.8) is 0 Å². The summed E-state index contributed by atoms with van der Waals surface area (Å²) < 4.78 is 7.47. The summed E-state index contributed by atoms with van der Waals surface area (Å²) in [4.78, 5) is 41.2. The van der Waals surface area contributed by atoms with Crippen LogP contribution in [0, 0.1) is 6.92 Å². The molecule has 234 valence electrons. The normalized spacial score (nSPS) is 14.1. The number of fused-ring (bicyclic) bond motifs is 3. The fourth-order valence-electron chi connectivity index (χ4n) is 5.37. The Morgan fingerprint density at radius 2 is 1.78 bits per heavy atom. The Kier molecular flexibility index (Phi) is 9.81. The van der Waals surface area contributed by atoms with Crippen LogP contribution >= 0.6 is 11.6 Å². The molecule has 2 heterocycles. The van der Waals surface area contributed by atoms with E-state index < -0.39 is 14.4 Å². The Morgan fingerprint density at radius 1 is 1.02 bits per heavy atom. The molecule has 0 saturated heterocycles. The van der Waals surface area contributed by atoms with Crippen molar-refractivity contribution in [2.75, 3.05) is 20.2 Å². The van der Waals surface area contributed by atoms with Crippen LogP contribution in [0.15, 0.2) is 71.7 Å². The minimum absolute atomic E-state index is 0.0595. The molecule has 0 bridgehead atoms. The SMILES string of the molecule is COc1ccc2c(c1)C(c1ccc(Cl)cc1)=NC(CC(=O)NCCCNC(=O)c1cccc(C[Si](C)(C)O)c1)c1nnc(C)n1-2. The second-order valence-electron chi connectivity index (χ2n) is 11.7. The van der Waals surface area contributed by atoms with E-state index in [2.05, 4.69) is 20.8 Å². The number of carbonyl (C=O) groups excluding carboxylic acids is 2. The van der Waals surface area contributed by atoms with Crippen molar-refractivity contribution in [2.24, 2.45) is 4.99 Å². The number of nitrogens with zero attached hydrogens (tertiary/aromatic N) is 4. The standard InChI is InChI=1S/C33H37ClN6O4Si/c1-21-38-39-32-28(19-30(41)35-15-6-16-36-33(42)24-8-5-7-22(17-24)20-45(3,4)43)37-31(23-9-11-25(34)12-10-23)27-18-26(44-2)13-14-29(27)40(21)32/h5,7-14,17-18,28,43H,6,15-16,19-20H2,1-4H3,(H,35,41)(H,36,42). The van der Waals surface area contributed by atoms with Gasteiger partial charge in [0.05, 0.1) is 24.9 Å². The molecule has 1 atom stereocenters. The zero-order valence-electron chi connectivity index (χ0n) is 25.8. The highest BCUT2D eigenvalue weighted by Gasteiger charge is 2.30. The Bertz CT molecular complexity index is 1730. The molecule has 3 N–H and O–H groups in total. The van der Waals surface area contributed by atoms with E-state index in [9.17, 15) is 14.4 Å². The Hall–Kier alpha value is -4.32. The van der Waals surface area contributed by atoms with Crippen molar-refractivity contribution in [1.29, 1.82) is 0 Å². The van der Waals surface area contributed by atoms with Crippen LogP contribution in [0.2, 0.25) is 18.1 Å². The number of rotatable bonds is 11. The lowest BCUT2D eigenvalue weighted by molar-refractivity contribution is -0.121. The highest BCUT2D eigenvalue weighted by atomic mass is 35.5. The number of hydrogen-bond acceptors (Lipinski definition) is 7. The maximum atomic E-state index is 13.2. The first kappa shape index (κ1) is 32.1. The molecule has 1 aromatic heterocycles. The van der Waals surface area contributed by atoms with Gasteiger partial charge in [-0.15, -0.1) is 10.2 Å². The molecule has 1 aliphatic heterocycles. The molecule has 0 aliphatic carbocycles. The van der Waals surface area contributed by atoms with Gasteiger partial charge in [0.1, 0.15) is 17.6 Å². The summed E-state index contributed by atoms with van der Waals surface area (Å²) in [6, 6.07) is 20.5. The van der Waals surface area contributed by atoms with Gasteiger partial charge in [-0.2, -0.15) is 0 Å². The first-order valence-electron chi connectivity index (χ1n) is 14.8. The number of carbonyl (C=O) groups is 2. The largest absolute Gasteiger partial charge is 0.497 e. The van der Waals surface area contributed by atoms with Crippen LogP contribution in [-0.4, -0.2) is 65.6 Å². The molecule has 0 saturated carbocycles. The van der Waals surface area contributed by atoms with Gasteiger partial charge in [-0.1, -0.05) is 35.9 Å². The Morgan fingerprint density at radius 3 is 2.51 bits per heavy atom. The highest BCUT2D eigenvalue weighted by Crippen LogP contribution is 2.34. The van der Waals surface area contributed by atoms with Crippen LogP contribution in [0.3, 0.4) is 0 Å². The van der Waals surface area contributed by atoms with Gasteiger partial charge < -0.3 is 20.2 Å². The summed E-state index contributed by atoms with van der Waals surface area (Å²) >= 11 is 6.19. The third kappa shape index (κ3) is 7.86. The molecule has 0 radical (unpaired) electrons. The number of nitrogens with one attached hydrogen (secondary N) is 2. The number of amides is 2. The predicted molar refractivity (Wildman–Crippen MR) is 177 cm³/mol. The van der Waals surface area contributed by atoms with Crippen molar-refractivity contribution in [1.82, 2.24) is 25.4 Å². The van der Waals surface area contributed by atoms with Crippen molar-refractivity contribution >= 4 is 37.4 Å². The van der Waals surface area contributed by atoms with Crippen LogP contribution in [0.5, 0.6) is 5.75 Å². The summed E-state index contributed by atoms with van der Waals surface area (Å²) in [5, 5.41) is 15.2. The second kappa shape index (κ2) is 13.8. The molecule has 45 heavy (non-hydrogen) atoms. The fraction of sp³-hybridized carbons (Fsp3) is 0.303. The van der Waals surface area contributed by atoms with Gasteiger partial charge >= 0.3 is 0 Å². The lowest BCUT2D eigenvalue weighted by atomic mass is 10.00. The van der Waals surface area contributed by atoms with E-state index >= 15 is 0 Å². The minimum Gasteiger partial charge on any atom is -0.497 e. The smallest absolute Gasteiger partial charge is 0.251 e. The number of methoxy groups -OCH3 is 1. The van der Waals surface area contributed by atoms with Crippen LogP contribution in [-0.2, 0) is 10.8 Å². The molecule has 1 unspecified atom stereocenters. The van der Waals surface area contributed by atoms with Gasteiger partial charge in [0.25, 0.3) is 5.91 Å². The average molecular weight is 645 g/mol. The summed E-state index contributed by atoms with van der Waals surface area (Å²) in [6.45, 7) is 6.40. The van der Waals surface area contributed by atoms with Crippen LogP contribution in [0.1, 0.15) is 57.6 Å². The summed E-state index contributed by atoms with van der Waals surface area (Å²) in [5.41, 5.74) is 4.71.